The van der Waals surface area contributed by atoms with Gasteiger partial charge >= 0.3 is 0 Å². The third-order valence-electron chi connectivity index (χ3n) is 6.75. The van der Waals surface area contributed by atoms with Gasteiger partial charge in [0.1, 0.15) is 11.7 Å². The van der Waals surface area contributed by atoms with Crippen LogP contribution in [0.15, 0.2) is 53.2 Å². The van der Waals surface area contributed by atoms with E-state index in [4.69, 9.17) is 0 Å². The van der Waals surface area contributed by atoms with E-state index in [1.165, 1.54) is 28.4 Å². The highest BCUT2D eigenvalue weighted by atomic mass is 32.1. The van der Waals surface area contributed by atoms with E-state index < -0.39 is 5.60 Å². The maximum absolute atomic E-state index is 13.2. The Bertz CT molecular complexity index is 1420. The summed E-state index contributed by atoms with van der Waals surface area (Å²) in [6.07, 6.45) is 7.56. The van der Waals surface area contributed by atoms with Crippen LogP contribution in [0.3, 0.4) is 0 Å². The second-order valence-corrected chi connectivity index (χ2v) is 10.2. The number of aliphatic hydroxyl groups is 1. The lowest BCUT2D eigenvalue weighted by atomic mass is 9.91. The predicted molar refractivity (Wildman–Crippen MR) is 132 cm³/mol. The number of aromatic nitrogens is 5. The standard InChI is InChI=1S/C24H25N7O3S/c32-21(16-1-2-16)29-10-7-24(34,8-11-29)14-30-15-26-20-19(22(30)33)13-27-31(20)18-5-3-17(4-6-18)28-23-25-9-12-35-23/h3-6,9,12-13,15-16,34H,1-2,7-8,10-11,14H2,(H,25,28). The monoisotopic (exact) mass is 491 g/mol. The highest BCUT2D eigenvalue weighted by Crippen LogP contribution is 2.33. The maximum atomic E-state index is 13.2. The summed E-state index contributed by atoms with van der Waals surface area (Å²) < 4.78 is 3.08. The molecule has 1 saturated carbocycles. The van der Waals surface area contributed by atoms with Crippen LogP contribution in [0.2, 0.25) is 0 Å². The molecule has 0 atom stereocenters. The van der Waals surface area contributed by atoms with Crippen molar-refractivity contribution in [1.29, 1.82) is 0 Å². The topological polar surface area (TPSA) is 118 Å². The molecule has 0 bridgehead atoms. The number of hydrogen-bond acceptors (Lipinski definition) is 8. The van der Waals surface area contributed by atoms with Crippen molar-refractivity contribution in [2.75, 3.05) is 18.4 Å². The molecule has 1 saturated heterocycles. The van der Waals surface area contributed by atoms with Gasteiger partial charge in [-0.05, 0) is 49.9 Å². The van der Waals surface area contributed by atoms with E-state index in [1.54, 1.807) is 10.9 Å². The first-order valence-corrected chi connectivity index (χ1v) is 12.6. The van der Waals surface area contributed by atoms with Gasteiger partial charge in [0.2, 0.25) is 5.91 Å². The number of likely N-dealkylation sites (tertiary alicyclic amines) is 1. The third kappa shape index (κ3) is 4.32. The van der Waals surface area contributed by atoms with E-state index >= 15 is 0 Å². The first-order valence-electron chi connectivity index (χ1n) is 11.7. The molecule has 0 spiro atoms. The van der Waals surface area contributed by atoms with E-state index in [2.05, 4.69) is 20.4 Å². The van der Waals surface area contributed by atoms with Crippen molar-refractivity contribution < 1.29 is 9.90 Å². The summed E-state index contributed by atoms with van der Waals surface area (Å²) in [6.45, 7) is 1.17. The summed E-state index contributed by atoms with van der Waals surface area (Å²) >= 11 is 1.52. The molecule has 11 heteroatoms. The Morgan fingerprint density at radius 2 is 1.94 bits per heavy atom. The van der Waals surface area contributed by atoms with E-state index in [-0.39, 0.29) is 23.9 Å². The molecule has 0 unspecified atom stereocenters. The Morgan fingerprint density at radius 3 is 2.63 bits per heavy atom. The minimum absolute atomic E-state index is 0.141. The second kappa shape index (κ2) is 8.58. The van der Waals surface area contributed by atoms with Crippen LogP contribution in [0.25, 0.3) is 16.7 Å². The summed E-state index contributed by atoms with van der Waals surface area (Å²) in [6, 6.07) is 7.63. The first-order chi connectivity index (χ1) is 17.0. The number of anilines is 2. The zero-order valence-electron chi connectivity index (χ0n) is 19.0. The lowest BCUT2D eigenvalue weighted by Gasteiger charge is -2.38. The van der Waals surface area contributed by atoms with Crippen LogP contribution in [0.4, 0.5) is 10.8 Å². The van der Waals surface area contributed by atoms with Crippen molar-refractivity contribution in [2.24, 2.45) is 5.92 Å². The van der Waals surface area contributed by atoms with E-state index in [0.29, 0.717) is 37.0 Å². The van der Waals surface area contributed by atoms with Gasteiger partial charge in [0.25, 0.3) is 5.56 Å². The zero-order valence-corrected chi connectivity index (χ0v) is 19.8. The number of thiazole rings is 1. The van der Waals surface area contributed by atoms with Gasteiger partial charge < -0.3 is 15.3 Å². The number of hydrogen-bond donors (Lipinski definition) is 2. The van der Waals surface area contributed by atoms with Gasteiger partial charge in [0, 0.05) is 36.3 Å². The Labute approximate surface area is 204 Å². The molecule has 1 aromatic carbocycles. The molecule has 35 heavy (non-hydrogen) atoms. The number of nitrogens with one attached hydrogen (secondary N) is 1. The largest absolute Gasteiger partial charge is 0.388 e. The van der Waals surface area contributed by atoms with Crippen LogP contribution >= 0.6 is 11.3 Å². The number of carbonyl (C=O) groups excluding carboxylic acids is 1. The molecule has 1 amide bonds. The van der Waals surface area contributed by atoms with Gasteiger partial charge in [0.15, 0.2) is 10.8 Å². The van der Waals surface area contributed by atoms with Crippen LogP contribution in [0, 0.1) is 5.92 Å². The maximum Gasteiger partial charge on any atom is 0.264 e. The van der Waals surface area contributed by atoms with Gasteiger partial charge in [0.05, 0.1) is 24.0 Å². The fraction of sp³-hybridized carbons (Fsp3) is 0.375. The number of benzene rings is 1. The zero-order chi connectivity index (χ0) is 24.0. The highest BCUT2D eigenvalue weighted by molar-refractivity contribution is 7.13. The number of amides is 1. The van der Waals surface area contributed by atoms with Crippen molar-refractivity contribution in [3.8, 4) is 5.69 Å². The average molecular weight is 492 g/mol. The molecule has 2 N–H and O–H groups in total. The molecule has 6 rings (SSSR count). The summed E-state index contributed by atoms with van der Waals surface area (Å²) in [7, 11) is 0. The average Bonchev–Trinajstić information content (AvgIpc) is 3.42. The molecule has 3 aromatic heterocycles. The molecule has 1 aliphatic heterocycles. The number of rotatable bonds is 6. The lowest BCUT2D eigenvalue weighted by molar-refractivity contribution is -0.137. The molecular weight excluding hydrogens is 466 g/mol. The summed E-state index contributed by atoms with van der Waals surface area (Å²) in [5, 5.41) is 21.9. The van der Waals surface area contributed by atoms with Crippen LogP contribution in [0.5, 0.6) is 0 Å². The molecule has 1 aliphatic carbocycles. The normalized spacial score (nSPS) is 17.6. The van der Waals surface area contributed by atoms with Crippen LogP contribution in [0.1, 0.15) is 25.7 Å². The fourth-order valence-corrected chi connectivity index (χ4v) is 5.10. The van der Waals surface area contributed by atoms with Gasteiger partial charge in [-0.15, -0.1) is 11.3 Å². The van der Waals surface area contributed by atoms with Gasteiger partial charge in [-0.1, -0.05) is 0 Å². The molecule has 10 nitrogen and oxygen atoms in total. The van der Waals surface area contributed by atoms with Gasteiger partial charge in [-0.2, -0.15) is 5.10 Å². The summed E-state index contributed by atoms with van der Waals surface area (Å²) in [5.74, 6) is 0.379. The second-order valence-electron chi connectivity index (χ2n) is 9.30. The molecule has 2 aliphatic rings. The smallest absolute Gasteiger partial charge is 0.264 e. The van der Waals surface area contributed by atoms with E-state index in [1.807, 2.05) is 34.5 Å². The predicted octanol–water partition coefficient (Wildman–Crippen LogP) is 2.55. The van der Waals surface area contributed by atoms with Crippen molar-refractivity contribution >= 4 is 39.1 Å². The van der Waals surface area contributed by atoms with Gasteiger partial charge in [-0.3, -0.25) is 14.2 Å². The molecule has 0 radical (unpaired) electrons. The molecule has 180 valence electrons. The fourth-order valence-electron chi connectivity index (χ4n) is 4.55. The Kier molecular flexibility index (Phi) is 5.37. The SMILES string of the molecule is O=C(C1CC1)N1CCC(O)(Cn2cnc3c(cnn3-c3ccc(Nc4nccs4)cc3)c2=O)CC1. The third-order valence-corrected chi connectivity index (χ3v) is 7.44. The highest BCUT2D eigenvalue weighted by Gasteiger charge is 2.39. The van der Waals surface area contributed by atoms with Crippen molar-refractivity contribution in [1.82, 2.24) is 29.2 Å². The van der Waals surface area contributed by atoms with Gasteiger partial charge in [-0.25, -0.2) is 14.6 Å². The molecular formula is C24H25N7O3S. The van der Waals surface area contributed by atoms with E-state index in [9.17, 15) is 14.7 Å². The summed E-state index contributed by atoms with van der Waals surface area (Å²) in [5.41, 5.74) is 0.849. The minimum Gasteiger partial charge on any atom is -0.388 e. The quantitative estimate of drug-likeness (QED) is 0.426. The van der Waals surface area contributed by atoms with Crippen molar-refractivity contribution in [2.45, 2.75) is 37.8 Å². The van der Waals surface area contributed by atoms with E-state index in [0.717, 1.165) is 29.3 Å². The minimum atomic E-state index is -1.05. The molecule has 4 aromatic rings. The molecule has 4 heterocycles. The van der Waals surface area contributed by atoms with Crippen molar-refractivity contribution in [3.63, 3.8) is 0 Å². The first kappa shape index (κ1) is 21.9. The lowest BCUT2D eigenvalue weighted by Crippen LogP contribution is -2.50. The van der Waals surface area contributed by atoms with Crippen LogP contribution < -0.4 is 10.9 Å². The summed E-state index contributed by atoms with van der Waals surface area (Å²) in [4.78, 5) is 36.0. The van der Waals surface area contributed by atoms with Crippen LogP contribution in [-0.2, 0) is 11.3 Å². The number of nitrogens with zero attached hydrogens (tertiary/aromatic N) is 6. The van der Waals surface area contributed by atoms with Crippen molar-refractivity contribution in [3.05, 3.63) is 58.7 Å². The number of carbonyl (C=O) groups is 1. The Morgan fingerprint density at radius 1 is 1.17 bits per heavy atom. The molecule has 2 fully saturated rings. The number of fused-ring (bicyclic) bond motifs is 1. The Hall–Kier alpha value is -3.57. The van der Waals surface area contributed by atoms with Crippen LogP contribution in [-0.4, -0.2) is 58.9 Å². The number of piperidine rings is 1. The Balaban J connectivity index is 1.19.